The molecule has 2 N–H and O–H groups in total. The van der Waals surface area contributed by atoms with Gasteiger partial charge in [-0.1, -0.05) is 5.92 Å². The van der Waals surface area contributed by atoms with Crippen molar-refractivity contribution in [3.05, 3.63) is 0 Å². The molecule has 1 atom stereocenters. The van der Waals surface area contributed by atoms with Gasteiger partial charge in [-0.3, -0.25) is 0 Å². The molecule has 4 nitrogen and oxygen atoms in total. The zero-order valence-corrected chi connectivity index (χ0v) is 11.9. The van der Waals surface area contributed by atoms with E-state index in [2.05, 4.69) is 5.92 Å². The molecule has 0 aliphatic carbocycles. The van der Waals surface area contributed by atoms with Crippen LogP contribution in [0.25, 0.3) is 0 Å². The third-order valence-electron chi connectivity index (χ3n) is 2.58. The van der Waals surface area contributed by atoms with Crippen LogP contribution in [0, 0.1) is 12.3 Å². The molecule has 0 bridgehead atoms. The first-order valence-electron chi connectivity index (χ1n) is 6.48. The Labute approximate surface area is 111 Å². The van der Waals surface area contributed by atoms with Crippen LogP contribution in [0.2, 0.25) is 0 Å². The van der Waals surface area contributed by atoms with Crippen LogP contribution in [0.4, 0.5) is 0 Å². The van der Waals surface area contributed by atoms with E-state index in [1.165, 1.54) is 0 Å². The number of ether oxygens (including phenoxy) is 3. The average molecular weight is 257 g/mol. The molecule has 0 radical (unpaired) electrons. The van der Waals surface area contributed by atoms with Crippen molar-refractivity contribution in [2.45, 2.75) is 45.3 Å². The van der Waals surface area contributed by atoms with Crippen LogP contribution in [0.5, 0.6) is 0 Å². The van der Waals surface area contributed by atoms with Gasteiger partial charge in [0.1, 0.15) is 6.61 Å². The van der Waals surface area contributed by atoms with Crippen LogP contribution in [0.3, 0.4) is 0 Å². The van der Waals surface area contributed by atoms with Crippen LogP contribution in [-0.4, -0.2) is 44.7 Å². The van der Waals surface area contributed by atoms with E-state index in [-0.39, 0.29) is 11.7 Å². The molecule has 106 valence electrons. The summed E-state index contributed by atoms with van der Waals surface area (Å²) in [7, 11) is 0. The van der Waals surface area contributed by atoms with E-state index in [4.69, 9.17) is 26.4 Å². The number of rotatable bonds is 11. The Morgan fingerprint density at radius 3 is 2.61 bits per heavy atom. The predicted octanol–water partition coefficient (Wildman–Crippen LogP) is 1.58. The third kappa shape index (κ3) is 10.5. The van der Waals surface area contributed by atoms with E-state index in [0.717, 1.165) is 12.8 Å². The van der Waals surface area contributed by atoms with Gasteiger partial charge in [-0.25, -0.2) is 0 Å². The summed E-state index contributed by atoms with van der Waals surface area (Å²) in [4.78, 5) is 0. The Kier molecular flexibility index (Phi) is 9.99. The Morgan fingerprint density at radius 1 is 1.28 bits per heavy atom. The molecule has 0 fully saturated rings. The lowest BCUT2D eigenvalue weighted by Crippen LogP contribution is -2.27. The molecule has 0 heterocycles. The van der Waals surface area contributed by atoms with Gasteiger partial charge < -0.3 is 19.9 Å². The molecule has 0 aromatic heterocycles. The maximum Gasteiger partial charge on any atom is 0.108 e. The highest BCUT2D eigenvalue weighted by Crippen LogP contribution is 2.14. The van der Waals surface area contributed by atoms with Gasteiger partial charge in [0, 0.05) is 19.8 Å². The standard InChI is InChI=1S/C14H27NO3/c1-5-9-18-14(3,4)7-11-17-13(2)6-10-16-12-8-15/h1,13H,6-12,15H2,2-4H3. The second kappa shape index (κ2) is 10.3. The first kappa shape index (κ1) is 17.4. The summed E-state index contributed by atoms with van der Waals surface area (Å²) in [5.74, 6) is 2.47. The maximum absolute atomic E-state index is 5.70. The topological polar surface area (TPSA) is 53.7 Å². The fourth-order valence-electron chi connectivity index (χ4n) is 1.33. The highest BCUT2D eigenvalue weighted by molar-refractivity contribution is 4.85. The second-order valence-electron chi connectivity index (χ2n) is 4.87. The van der Waals surface area contributed by atoms with Gasteiger partial charge in [-0.2, -0.15) is 0 Å². The summed E-state index contributed by atoms with van der Waals surface area (Å²) >= 11 is 0. The van der Waals surface area contributed by atoms with Gasteiger partial charge in [0.05, 0.1) is 18.3 Å². The maximum atomic E-state index is 5.70. The van der Waals surface area contributed by atoms with E-state index in [1.807, 2.05) is 20.8 Å². The summed E-state index contributed by atoms with van der Waals surface area (Å²) in [5.41, 5.74) is 5.10. The predicted molar refractivity (Wildman–Crippen MR) is 73.4 cm³/mol. The Balaban J connectivity index is 3.54. The molecular weight excluding hydrogens is 230 g/mol. The Morgan fingerprint density at radius 2 is 2.00 bits per heavy atom. The number of hydrogen-bond acceptors (Lipinski definition) is 4. The Hall–Kier alpha value is -0.600. The molecule has 0 aliphatic rings. The number of terminal acetylenes is 1. The van der Waals surface area contributed by atoms with Crippen molar-refractivity contribution in [2.24, 2.45) is 5.73 Å². The molecule has 18 heavy (non-hydrogen) atoms. The molecular formula is C14H27NO3. The summed E-state index contributed by atoms with van der Waals surface area (Å²) in [6, 6.07) is 0. The van der Waals surface area contributed by atoms with Crippen LogP contribution >= 0.6 is 0 Å². The first-order chi connectivity index (χ1) is 8.52. The van der Waals surface area contributed by atoms with E-state index in [9.17, 15) is 0 Å². The van der Waals surface area contributed by atoms with Gasteiger partial charge >= 0.3 is 0 Å². The van der Waals surface area contributed by atoms with Gasteiger partial charge in [0.25, 0.3) is 0 Å². The van der Waals surface area contributed by atoms with Crippen molar-refractivity contribution < 1.29 is 14.2 Å². The minimum atomic E-state index is -0.234. The lowest BCUT2D eigenvalue weighted by molar-refractivity contribution is -0.0402. The molecule has 0 amide bonds. The van der Waals surface area contributed by atoms with E-state index >= 15 is 0 Å². The normalized spacial score (nSPS) is 13.3. The van der Waals surface area contributed by atoms with Crippen LogP contribution in [0.1, 0.15) is 33.6 Å². The monoisotopic (exact) mass is 257 g/mol. The SMILES string of the molecule is C#CCOC(C)(C)CCOC(C)CCOCCN. The van der Waals surface area contributed by atoms with Gasteiger partial charge in [0.15, 0.2) is 0 Å². The highest BCUT2D eigenvalue weighted by atomic mass is 16.5. The largest absolute Gasteiger partial charge is 0.380 e. The fourth-order valence-corrected chi connectivity index (χ4v) is 1.33. The van der Waals surface area contributed by atoms with Crippen LogP contribution in [0.15, 0.2) is 0 Å². The zero-order chi connectivity index (χ0) is 13.9. The lowest BCUT2D eigenvalue weighted by Gasteiger charge is -2.25. The molecule has 0 spiro atoms. The molecule has 0 saturated heterocycles. The van der Waals surface area contributed by atoms with E-state index < -0.39 is 0 Å². The third-order valence-corrected chi connectivity index (χ3v) is 2.58. The summed E-state index contributed by atoms with van der Waals surface area (Å²) in [6.45, 7) is 8.95. The summed E-state index contributed by atoms with van der Waals surface area (Å²) < 4.78 is 16.5. The highest BCUT2D eigenvalue weighted by Gasteiger charge is 2.18. The van der Waals surface area contributed by atoms with Crippen molar-refractivity contribution in [2.75, 3.05) is 33.0 Å². The molecule has 1 unspecified atom stereocenters. The van der Waals surface area contributed by atoms with Gasteiger partial charge in [-0.05, 0) is 33.6 Å². The van der Waals surface area contributed by atoms with Crippen molar-refractivity contribution in [1.29, 1.82) is 0 Å². The van der Waals surface area contributed by atoms with Crippen molar-refractivity contribution in [1.82, 2.24) is 0 Å². The minimum Gasteiger partial charge on any atom is -0.380 e. The number of nitrogens with two attached hydrogens (primary N) is 1. The quantitative estimate of drug-likeness (QED) is 0.451. The molecule has 0 rings (SSSR count). The summed E-state index contributed by atoms with van der Waals surface area (Å²) in [6.07, 6.45) is 7.05. The first-order valence-corrected chi connectivity index (χ1v) is 6.48. The van der Waals surface area contributed by atoms with Crippen LogP contribution in [-0.2, 0) is 14.2 Å². The van der Waals surface area contributed by atoms with Crippen molar-refractivity contribution in [3.63, 3.8) is 0 Å². The van der Waals surface area contributed by atoms with Gasteiger partial charge in [0.2, 0.25) is 0 Å². The van der Waals surface area contributed by atoms with E-state index in [0.29, 0.717) is 33.0 Å². The molecule has 0 aliphatic heterocycles. The second-order valence-corrected chi connectivity index (χ2v) is 4.87. The summed E-state index contributed by atoms with van der Waals surface area (Å²) in [5, 5.41) is 0. The average Bonchev–Trinajstić information content (AvgIpc) is 2.32. The van der Waals surface area contributed by atoms with Gasteiger partial charge in [-0.15, -0.1) is 6.42 Å². The molecule has 0 aromatic rings. The molecule has 0 aromatic carbocycles. The lowest BCUT2D eigenvalue weighted by atomic mass is 10.1. The Bertz CT molecular complexity index is 236. The number of hydrogen-bond donors (Lipinski definition) is 1. The van der Waals surface area contributed by atoms with Crippen LogP contribution < -0.4 is 5.73 Å². The molecule has 4 heteroatoms. The zero-order valence-electron chi connectivity index (χ0n) is 11.9. The molecule has 0 saturated carbocycles. The fraction of sp³-hybridized carbons (Fsp3) is 0.857. The van der Waals surface area contributed by atoms with E-state index in [1.54, 1.807) is 0 Å². The minimum absolute atomic E-state index is 0.186. The van der Waals surface area contributed by atoms with Crippen molar-refractivity contribution in [3.8, 4) is 12.3 Å². The smallest absolute Gasteiger partial charge is 0.108 e. The van der Waals surface area contributed by atoms with Crippen molar-refractivity contribution >= 4 is 0 Å².